The number of aromatic nitrogens is 2. The molecule has 1 fully saturated rings. The highest BCUT2D eigenvalue weighted by Crippen LogP contribution is 2.22. The van der Waals surface area contributed by atoms with Gasteiger partial charge in [0.1, 0.15) is 5.69 Å². The van der Waals surface area contributed by atoms with Gasteiger partial charge >= 0.3 is 0 Å². The Bertz CT molecular complexity index is 470. The minimum atomic E-state index is -0.615. The van der Waals surface area contributed by atoms with Crippen LogP contribution in [-0.2, 0) is 0 Å². The van der Waals surface area contributed by atoms with Crippen LogP contribution in [-0.4, -0.2) is 51.4 Å². The Balaban J connectivity index is 2.14. The highest BCUT2D eigenvalue weighted by molar-refractivity contribution is 7.80. The first-order valence-electron chi connectivity index (χ1n) is 6.10. The van der Waals surface area contributed by atoms with E-state index in [0.717, 1.165) is 13.1 Å². The molecule has 0 atom stereocenters. The zero-order valence-corrected chi connectivity index (χ0v) is 11.6. The number of thiocarbonyl (C=S) groups is 1. The maximum atomic E-state index is 12.2. The highest BCUT2D eigenvalue weighted by atomic mass is 32.1. The second kappa shape index (κ2) is 5.58. The van der Waals surface area contributed by atoms with Crippen molar-refractivity contribution in [3.8, 4) is 0 Å². The molecule has 6 nitrogen and oxygen atoms in total. The van der Waals surface area contributed by atoms with Crippen LogP contribution in [0.3, 0.4) is 0 Å². The number of hydrogen-bond acceptors (Lipinski definition) is 5. The molecule has 0 unspecified atom stereocenters. The third-order valence-electron chi connectivity index (χ3n) is 3.46. The molecule has 7 heteroatoms. The fraction of sp³-hybridized carbons (Fsp3) is 0.500. The van der Waals surface area contributed by atoms with E-state index in [1.807, 2.05) is 7.05 Å². The summed E-state index contributed by atoms with van der Waals surface area (Å²) in [5.74, 6) is -0.287. The third-order valence-corrected chi connectivity index (χ3v) is 3.85. The molecule has 0 spiro atoms. The number of likely N-dealkylation sites (tertiary alicyclic amines) is 1. The van der Waals surface area contributed by atoms with Crippen LogP contribution in [0.15, 0.2) is 18.6 Å². The van der Waals surface area contributed by atoms with E-state index in [0.29, 0.717) is 17.8 Å². The van der Waals surface area contributed by atoms with E-state index in [4.69, 9.17) is 18.0 Å². The van der Waals surface area contributed by atoms with E-state index in [-0.39, 0.29) is 11.6 Å². The van der Waals surface area contributed by atoms with E-state index in [9.17, 15) is 4.79 Å². The predicted octanol–water partition coefficient (Wildman–Crippen LogP) is -0.0431. The Hall–Kier alpha value is -1.60. The van der Waals surface area contributed by atoms with Gasteiger partial charge in [0.25, 0.3) is 5.91 Å². The molecule has 1 saturated heterocycles. The Labute approximate surface area is 117 Å². The van der Waals surface area contributed by atoms with Gasteiger partial charge in [0.2, 0.25) is 0 Å². The summed E-state index contributed by atoms with van der Waals surface area (Å²) in [6.07, 6.45) is 5.86. The lowest BCUT2D eigenvalue weighted by molar-refractivity contribution is 0.0884. The average Bonchev–Trinajstić information content (AvgIpc) is 2.42. The summed E-state index contributed by atoms with van der Waals surface area (Å²) < 4.78 is 0. The van der Waals surface area contributed by atoms with Crippen molar-refractivity contribution in [3.63, 3.8) is 0 Å². The molecule has 2 heterocycles. The molecule has 0 aliphatic carbocycles. The van der Waals surface area contributed by atoms with E-state index in [1.165, 1.54) is 18.6 Å². The molecule has 1 aliphatic rings. The number of rotatable bonds is 3. The maximum absolute atomic E-state index is 12.2. The standard InChI is InChI=1S/C12H17N5OS/c1-17-6-2-12(3-7-17,11(13)19)16-10(18)9-8-14-4-5-15-9/h4-5,8H,2-3,6-7H2,1H3,(H2,13,19)(H,16,18). The third kappa shape index (κ3) is 3.05. The Kier molecular flexibility index (Phi) is 4.06. The van der Waals surface area contributed by atoms with Crippen LogP contribution in [0.4, 0.5) is 0 Å². The van der Waals surface area contributed by atoms with E-state index in [1.54, 1.807) is 0 Å². The van der Waals surface area contributed by atoms with Crippen molar-refractivity contribution >= 4 is 23.1 Å². The van der Waals surface area contributed by atoms with Crippen molar-refractivity contribution in [1.82, 2.24) is 20.2 Å². The van der Waals surface area contributed by atoms with Gasteiger partial charge in [0.15, 0.2) is 0 Å². The smallest absolute Gasteiger partial charge is 0.272 e. The lowest BCUT2D eigenvalue weighted by atomic mass is 9.87. The van der Waals surface area contributed by atoms with Gasteiger partial charge in [-0.05, 0) is 19.9 Å². The number of carbonyl (C=O) groups is 1. The maximum Gasteiger partial charge on any atom is 0.272 e. The number of nitrogens with two attached hydrogens (primary N) is 1. The minimum Gasteiger partial charge on any atom is -0.391 e. The molecular weight excluding hydrogens is 262 g/mol. The summed E-state index contributed by atoms with van der Waals surface area (Å²) in [4.78, 5) is 22.5. The van der Waals surface area contributed by atoms with Crippen LogP contribution in [0, 0.1) is 0 Å². The van der Waals surface area contributed by atoms with Gasteiger partial charge in [-0.15, -0.1) is 0 Å². The fourth-order valence-electron chi connectivity index (χ4n) is 2.13. The average molecular weight is 279 g/mol. The number of nitrogens with zero attached hydrogens (tertiary/aromatic N) is 3. The fourth-order valence-corrected chi connectivity index (χ4v) is 2.39. The number of carbonyl (C=O) groups excluding carboxylic acids is 1. The molecule has 1 aliphatic heterocycles. The summed E-state index contributed by atoms with van der Waals surface area (Å²) in [7, 11) is 2.04. The summed E-state index contributed by atoms with van der Waals surface area (Å²) in [6.45, 7) is 1.69. The molecule has 1 aromatic rings. The van der Waals surface area contributed by atoms with Crippen molar-refractivity contribution in [2.45, 2.75) is 18.4 Å². The molecular formula is C12H17N5OS. The van der Waals surface area contributed by atoms with Crippen molar-refractivity contribution in [2.24, 2.45) is 5.73 Å². The first-order valence-corrected chi connectivity index (χ1v) is 6.51. The zero-order valence-electron chi connectivity index (χ0n) is 10.8. The first kappa shape index (κ1) is 13.8. The summed E-state index contributed by atoms with van der Waals surface area (Å²) >= 11 is 5.14. The van der Waals surface area contributed by atoms with Crippen molar-refractivity contribution in [1.29, 1.82) is 0 Å². The molecule has 0 saturated carbocycles. The number of hydrogen-bond donors (Lipinski definition) is 2. The van der Waals surface area contributed by atoms with Gasteiger partial charge in [-0.1, -0.05) is 12.2 Å². The lowest BCUT2D eigenvalue weighted by Gasteiger charge is -2.40. The molecule has 0 bridgehead atoms. The van der Waals surface area contributed by atoms with Crippen LogP contribution in [0.5, 0.6) is 0 Å². The normalized spacial score (nSPS) is 18.8. The van der Waals surface area contributed by atoms with Crippen molar-refractivity contribution in [3.05, 3.63) is 24.3 Å². The largest absolute Gasteiger partial charge is 0.391 e. The van der Waals surface area contributed by atoms with Gasteiger partial charge in [0, 0.05) is 25.5 Å². The van der Waals surface area contributed by atoms with E-state index >= 15 is 0 Å². The molecule has 102 valence electrons. The molecule has 1 aromatic heterocycles. The number of amides is 1. The van der Waals surface area contributed by atoms with Gasteiger partial charge in [0.05, 0.1) is 16.7 Å². The summed E-state index contributed by atoms with van der Waals surface area (Å²) in [6, 6.07) is 0. The Morgan fingerprint density at radius 1 is 1.47 bits per heavy atom. The van der Waals surface area contributed by atoms with Gasteiger partial charge in [-0.2, -0.15) is 0 Å². The molecule has 19 heavy (non-hydrogen) atoms. The van der Waals surface area contributed by atoms with Crippen LogP contribution in [0.25, 0.3) is 0 Å². The topological polar surface area (TPSA) is 84.1 Å². The monoisotopic (exact) mass is 279 g/mol. The second-order valence-corrected chi connectivity index (χ2v) is 5.23. The van der Waals surface area contributed by atoms with Crippen LogP contribution in [0.1, 0.15) is 23.3 Å². The first-order chi connectivity index (χ1) is 9.03. The molecule has 1 amide bonds. The predicted molar refractivity (Wildman–Crippen MR) is 75.7 cm³/mol. The quantitative estimate of drug-likeness (QED) is 0.755. The molecule has 2 rings (SSSR count). The minimum absolute atomic E-state index is 0.275. The van der Waals surface area contributed by atoms with Crippen LogP contribution >= 0.6 is 12.2 Å². The van der Waals surface area contributed by atoms with Gasteiger partial charge < -0.3 is 16.0 Å². The second-order valence-electron chi connectivity index (χ2n) is 4.79. The summed E-state index contributed by atoms with van der Waals surface area (Å²) in [5.41, 5.74) is 5.50. The lowest BCUT2D eigenvalue weighted by Crippen LogP contribution is -2.61. The van der Waals surface area contributed by atoms with E-state index < -0.39 is 5.54 Å². The SMILES string of the molecule is CN1CCC(NC(=O)c2cnccn2)(C(N)=S)CC1. The molecule has 0 radical (unpaired) electrons. The van der Waals surface area contributed by atoms with E-state index in [2.05, 4.69) is 20.2 Å². The zero-order chi connectivity index (χ0) is 13.9. The summed E-state index contributed by atoms with van der Waals surface area (Å²) in [5, 5.41) is 2.93. The van der Waals surface area contributed by atoms with Crippen LogP contribution in [0.2, 0.25) is 0 Å². The van der Waals surface area contributed by atoms with Gasteiger partial charge in [-0.3, -0.25) is 9.78 Å². The highest BCUT2D eigenvalue weighted by Gasteiger charge is 2.38. The molecule has 0 aromatic carbocycles. The Morgan fingerprint density at radius 2 is 2.16 bits per heavy atom. The number of nitrogens with one attached hydrogen (secondary N) is 1. The number of piperidine rings is 1. The molecule has 3 N–H and O–H groups in total. The van der Waals surface area contributed by atoms with Crippen molar-refractivity contribution in [2.75, 3.05) is 20.1 Å². The Morgan fingerprint density at radius 3 is 2.68 bits per heavy atom. The van der Waals surface area contributed by atoms with Gasteiger partial charge in [-0.25, -0.2) is 4.98 Å². The van der Waals surface area contributed by atoms with Crippen LogP contribution < -0.4 is 11.1 Å². The van der Waals surface area contributed by atoms with Crippen molar-refractivity contribution < 1.29 is 4.79 Å².